The van der Waals surface area contributed by atoms with Gasteiger partial charge in [0, 0.05) is 41.0 Å². The first-order valence-corrected chi connectivity index (χ1v) is 9.21. The minimum absolute atomic E-state index is 0.125. The third kappa shape index (κ3) is 2.82. The van der Waals surface area contributed by atoms with Gasteiger partial charge in [-0.1, -0.05) is 13.0 Å². The number of hydrogen-bond donors (Lipinski definition) is 0. The van der Waals surface area contributed by atoms with Crippen molar-refractivity contribution < 1.29 is 18.4 Å². The average molecular weight is 359 g/mol. The predicted molar refractivity (Wildman–Crippen MR) is 99.5 cm³/mol. The third-order valence-corrected chi connectivity index (χ3v) is 5.95. The Morgan fingerprint density at radius 3 is 2.50 bits per heavy atom. The number of aryl methyl sites for hydroxylation is 2. The lowest BCUT2D eigenvalue weighted by molar-refractivity contribution is -0.121. The molecule has 4 rings (SSSR count). The van der Waals surface area contributed by atoms with Gasteiger partial charge in [0.1, 0.15) is 0 Å². The second kappa shape index (κ2) is 6.55. The summed E-state index contributed by atoms with van der Waals surface area (Å²) in [5.41, 5.74) is 2.50. The normalized spacial score (nSPS) is 42.8. The number of likely N-dealkylation sites (N-methyl/N-ethyl adjacent to an activating group) is 1. The Hall–Kier alpha value is -1.56. The van der Waals surface area contributed by atoms with E-state index in [9.17, 15) is 9.59 Å². The molecule has 5 heteroatoms. The van der Waals surface area contributed by atoms with E-state index in [-0.39, 0.29) is 12.1 Å². The van der Waals surface area contributed by atoms with E-state index in [4.69, 9.17) is 8.85 Å². The molecule has 0 amide bonds. The Bertz CT molecular complexity index is 897. The van der Waals surface area contributed by atoms with Gasteiger partial charge in [-0.05, 0) is 49.5 Å². The van der Waals surface area contributed by atoms with Gasteiger partial charge in [0.05, 0.1) is 19.4 Å². The van der Waals surface area contributed by atoms with Crippen molar-refractivity contribution in [1.29, 1.82) is 0 Å². The van der Waals surface area contributed by atoms with Crippen LogP contribution in [0, 0.1) is 25.6 Å². The van der Waals surface area contributed by atoms with Crippen LogP contribution in [0.2, 0.25) is 0 Å². The minimum atomic E-state index is -2.15. The third-order valence-electron chi connectivity index (χ3n) is 5.95. The molecule has 3 aliphatic rings. The second-order valence-electron chi connectivity index (χ2n) is 7.72. The van der Waals surface area contributed by atoms with E-state index >= 15 is 0 Å². The molecule has 26 heavy (non-hydrogen) atoms. The van der Waals surface area contributed by atoms with Gasteiger partial charge < -0.3 is 9.64 Å². The first-order valence-electron chi connectivity index (χ1n) is 10.7. The second-order valence-corrected chi connectivity index (χ2v) is 7.72. The first-order chi connectivity index (χ1) is 13.4. The monoisotopic (exact) mass is 359 g/mol. The number of ether oxygens (including phenoxy) is 1. The van der Waals surface area contributed by atoms with Gasteiger partial charge in [-0.15, -0.1) is 0 Å². The molecule has 0 N–H and O–H groups in total. The number of fused-ring (bicyclic) bond motifs is 3. The topological polar surface area (TPSA) is 49.9 Å². The Kier molecular flexibility index (Phi) is 3.65. The molecule has 4 unspecified atom stereocenters. The van der Waals surface area contributed by atoms with Crippen LogP contribution in [0.5, 0.6) is 0 Å². The van der Waals surface area contributed by atoms with Crippen LogP contribution in [0.15, 0.2) is 12.1 Å². The summed E-state index contributed by atoms with van der Waals surface area (Å²) < 4.78 is 33.1. The molecule has 2 heterocycles. The molecule has 2 saturated heterocycles. The van der Waals surface area contributed by atoms with E-state index in [1.54, 1.807) is 12.1 Å². The maximum absolute atomic E-state index is 13.1. The van der Waals surface area contributed by atoms with Crippen LogP contribution in [0.25, 0.3) is 0 Å². The van der Waals surface area contributed by atoms with Crippen LogP contribution < -0.4 is 0 Å². The first kappa shape index (κ1) is 14.5. The fourth-order valence-electron chi connectivity index (χ4n) is 4.01. The number of nitrogens with zero attached hydrogens (tertiary/aromatic N) is 2. The van der Waals surface area contributed by atoms with Crippen LogP contribution in [0.4, 0.5) is 0 Å². The summed E-state index contributed by atoms with van der Waals surface area (Å²) in [6.45, 7) is 8.44. The zero-order valence-electron chi connectivity index (χ0n) is 18.9. The van der Waals surface area contributed by atoms with Crippen molar-refractivity contribution in [3.05, 3.63) is 34.4 Å². The molecule has 140 valence electrons. The van der Waals surface area contributed by atoms with Gasteiger partial charge >= 0.3 is 0 Å². The summed E-state index contributed by atoms with van der Waals surface area (Å²) in [5, 5.41) is 0. The van der Waals surface area contributed by atoms with Crippen LogP contribution in [-0.4, -0.2) is 67.2 Å². The van der Waals surface area contributed by atoms with E-state index in [1.165, 1.54) is 6.92 Å². The lowest BCUT2D eigenvalue weighted by Gasteiger charge is -2.34. The number of carbonyl (C=O) groups is 2. The smallest absolute Gasteiger partial charge is 0.229 e. The van der Waals surface area contributed by atoms with E-state index in [2.05, 4.69) is 4.90 Å². The fourth-order valence-corrected chi connectivity index (χ4v) is 4.01. The van der Waals surface area contributed by atoms with E-state index in [0.717, 1.165) is 37.3 Å². The zero-order chi connectivity index (χ0) is 21.4. The highest BCUT2D eigenvalue weighted by Gasteiger charge is 2.52. The zero-order valence-corrected chi connectivity index (χ0v) is 15.9. The number of benzene rings is 1. The molecule has 5 nitrogen and oxygen atoms in total. The Balaban J connectivity index is 1.78. The molecule has 2 aliphatic heterocycles. The van der Waals surface area contributed by atoms with Crippen LogP contribution in [0.3, 0.4) is 0 Å². The molecular formula is C21H28N2O3. The highest BCUT2D eigenvalue weighted by Crippen LogP contribution is 2.47. The SMILES string of the molecule is [2H]C1(CN2CCN(C)CC2)OC2c3cc(C)c(C)cc3C(=O)C(=O)C2([2H])C1([2H])C. The molecule has 0 saturated carbocycles. The fraction of sp³-hybridized carbons (Fsp3) is 0.619. The number of hydrogen-bond acceptors (Lipinski definition) is 5. The van der Waals surface area contributed by atoms with Gasteiger partial charge in [-0.2, -0.15) is 0 Å². The van der Waals surface area contributed by atoms with Gasteiger partial charge in [0.2, 0.25) is 11.6 Å². The summed E-state index contributed by atoms with van der Waals surface area (Å²) in [6, 6.07) is 3.44. The maximum atomic E-state index is 13.1. The van der Waals surface area contributed by atoms with Crippen molar-refractivity contribution in [2.24, 2.45) is 11.8 Å². The molecule has 0 bridgehead atoms. The summed E-state index contributed by atoms with van der Waals surface area (Å²) >= 11 is 0. The van der Waals surface area contributed by atoms with E-state index in [0.29, 0.717) is 5.56 Å². The molecule has 1 aliphatic carbocycles. The van der Waals surface area contributed by atoms with Gasteiger partial charge in [0.15, 0.2) is 0 Å². The maximum Gasteiger partial charge on any atom is 0.229 e. The molecule has 2 fully saturated rings. The summed E-state index contributed by atoms with van der Waals surface area (Å²) in [6.07, 6.45) is -2.90. The number of Topliss-reactive ketones (excluding diaryl/α,β-unsaturated/α-hetero) is 2. The van der Waals surface area contributed by atoms with Crippen LogP contribution >= 0.6 is 0 Å². The average Bonchev–Trinajstić information content (AvgIpc) is 2.82. The van der Waals surface area contributed by atoms with Crippen molar-refractivity contribution in [3.8, 4) is 0 Å². The van der Waals surface area contributed by atoms with E-state index in [1.807, 2.05) is 25.8 Å². The van der Waals surface area contributed by atoms with Gasteiger partial charge in [-0.3, -0.25) is 14.5 Å². The van der Waals surface area contributed by atoms with Crippen molar-refractivity contribution in [1.82, 2.24) is 9.80 Å². The molecule has 0 spiro atoms. The van der Waals surface area contributed by atoms with Gasteiger partial charge in [-0.25, -0.2) is 0 Å². The highest BCUT2D eigenvalue weighted by molar-refractivity contribution is 6.45. The van der Waals surface area contributed by atoms with Crippen LogP contribution in [-0.2, 0) is 9.53 Å². The Morgan fingerprint density at radius 1 is 1.15 bits per heavy atom. The lowest BCUT2D eigenvalue weighted by atomic mass is 9.74. The van der Waals surface area contributed by atoms with E-state index < -0.39 is 35.5 Å². The minimum Gasteiger partial charge on any atom is -0.368 e. The van der Waals surface area contributed by atoms with Crippen molar-refractivity contribution >= 4 is 11.6 Å². The molecule has 1 aromatic rings. The summed E-state index contributed by atoms with van der Waals surface area (Å²) in [4.78, 5) is 30.2. The summed E-state index contributed by atoms with van der Waals surface area (Å²) in [7, 11) is 2.04. The Labute approximate surface area is 159 Å². The highest BCUT2D eigenvalue weighted by atomic mass is 16.5. The number of ketones is 2. The largest absolute Gasteiger partial charge is 0.368 e. The molecule has 0 radical (unpaired) electrons. The number of carbonyl (C=O) groups excluding carboxylic acids is 2. The van der Waals surface area contributed by atoms with Gasteiger partial charge in [0.25, 0.3) is 0 Å². The predicted octanol–water partition coefficient (Wildman–Crippen LogP) is 2.01. The van der Waals surface area contributed by atoms with Crippen LogP contribution in [0.1, 0.15) is 44.2 Å². The molecular weight excluding hydrogens is 328 g/mol. The van der Waals surface area contributed by atoms with Crippen molar-refractivity contribution in [2.45, 2.75) is 33.0 Å². The number of rotatable bonds is 2. The number of piperazine rings is 1. The summed E-state index contributed by atoms with van der Waals surface area (Å²) in [5.74, 6) is -5.74. The lowest BCUT2D eigenvalue weighted by Crippen LogP contribution is -2.47. The quantitative estimate of drug-likeness (QED) is 0.756. The van der Waals surface area contributed by atoms with Crippen molar-refractivity contribution in [3.63, 3.8) is 0 Å². The molecule has 1 aromatic carbocycles. The molecule has 4 atom stereocenters. The Morgan fingerprint density at radius 2 is 1.81 bits per heavy atom. The molecule has 0 aromatic heterocycles. The standard InChI is InChI=1S/C21H28N2O3/c1-12-9-15-16(10-13(12)2)21-18(20(25)19(15)24)14(3)17(26-21)11-23-7-5-22(4)6-8-23/h9-10,14,17-18,21H,5-8,11H2,1-4H3/i14D,17D,18D. The van der Waals surface area contributed by atoms with Crippen molar-refractivity contribution in [2.75, 3.05) is 39.8 Å².